The minimum absolute atomic E-state index is 0.118. The molecule has 1 amide bonds. The molecule has 168 valence electrons. The van der Waals surface area contributed by atoms with E-state index in [-0.39, 0.29) is 11.9 Å². The zero-order valence-electron chi connectivity index (χ0n) is 18.2. The highest BCUT2D eigenvalue weighted by atomic mass is 35.5. The highest BCUT2D eigenvalue weighted by Crippen LogP contribution is 2.31. The van der Waals surface area contributed by atoms with Crippen LogP contribution in [-0.4, -0.2) is 48.1 Å². The Hall–Kier alpha value is -2.34. The minimum atomic E-state index is -0.196. The molecule has 2 N–H and O–H groups in total. The van der Waals surface area contributed by atoms with Crippen LogP contribution in [0.4, 0.5) is 0 Å². The van der Waals surface area contributed by atoms with Crippen LogP contribution in [0.5, 0.6) is 0 Å². The Morgan fingerprint density at radius 1 is 1.12 bits per heavy atom. The second kappa shape index (κ2) is 9.65. The number of nitrogens with one attached hydrogen (secondary N) is 2. The van der Waals surface area contributed by atoms with Crippen LogP contribution in [0.2, 0.25) is 5.02 Å². The van der Waals surface area contributed by atoms with Crippen molar-refractivity contribution in [2.24, 2.45) is 5.92 Å². The first-order valence-corrected chi connectivity index (χ1v) is 12.0. The van der Waals surface area contributed by atoms with Crippen LogP contribution in [0, 0.1) is 5.92 Å². The first-order chi connectivity index (χ1) is 15.7. The first-order valence-electron chi connectivity index (χ1n) is 11.6. The van der Waals surface area contributed by atoms with Crippen molar-refractivity contribution in [3.8, 4) is 0 Å². The molecule has 1 atom stereocenters. The summed E-state index contributed by atoms with van der Waals surface area (Å²) in [5.41, 5.74) is 2.51. The summed E-state index contributed by atoms with van der Waals surface area (Å²) in [6, 6.07) is 16.2. The Morgan fingerprint density at radius 2 is 1.91 bits per heavy atom. The quantitative estimate of drug-likeness (QED) is 0.496. The number of rotatable bonds is 8. The summed E-state index contributed by atoms with van der Waals surface area (Å²) in [5, 5.41) is 4.74. The van der Waals surface area contributed by atoms with Gasteiger partial charge in [0.05, 0.1) is 17.7 Å². The molecule has 0 spiro atoms. The molecule has 2 aromatic carbocycles. The average molecular weight is 452 g/mol. The number of nitrogens with zero attached hydrogens (tertiary/aromatic N) is 1. The van der Waals surface area contributed by atoms with Gasteiger partial charge in [0.2, 0.25) is 0 Å². The van der Waals surface area contributed by atoms with Crippen LogP contribution >= 0.6 is 11.6 Å². The number of hydrogen-bond donors (Lipinski definition) is 2. The molecule has 1 aliphatic carbocycles. The second-order valence-corrected chi connectivity index (χ2v) is 9.49. The number of aromatic amines is 1. The average Bonchev–Trinajstić information content (AvgIpc) is 3.62. The summed E-state index contributed by atoms with van der Waals surface area (Å²) in [5.74, 6) is 0.491. The van der Waals surface area contributed by atoms with E-state index >= 15 is 0 Å². The van der Waals surface area contributed by atoms with Crippen LogP contribution in [0.1, 0.15) is 47.6 Å². The fourth-order valence-corrected chi connectivity index (χ4v) is 4.88. The Balaban J connectivity index is 1.20. The third-order valence-corrected chi connectivity index (χ3v) is 7.06. The van der Waals surface area contributed by atoms with Gasteiger partial charge in [-0.1, -0.05) is 48.0 Å². The van der Waals surface area contributed by atoms with Crippen LogP contribution < -0.4 is 5.32 Å². The Bertz CT molecular complexity index is 1060. The number of halogens is 1. The van der Waals surface area contributed by atoms with Gasteiger partial charge in [-0.15, -0.1) is 0 Å². The van der Waals surface area contributed by atoms with E-state index in [4.69, 9.17) is 16.3 Å². The summed E-state index contributed by atoms with van der Waals surface area (Å²) in [4.78, 5) is 18.8. The van der Waals surface area contributed by atoms with Gasteiger partial charge < -0.3 is 19.9 Å². The van der Waals surface area contributed by atoms with Gasteiger partial charge in [-0.2, -0.15) is 0 Å². The summed E-state index contributed by atoms with van der Waals surface area (Å²) in [7, 11) is 0. The van der Waals surface area contributed by atoms with Gasteiger partial charge in [-0.25, -0.2) is 0 Å². The zero-order valence-corrected chi connectivity index (χ0v) is 19.0. The van der Waals surface area contributed by atoms with E-state index < -0.39 is 0 Å². The molecular formula is C26H30ClN3O2. The fraction of sp³-hybridized carbons (Fsp3) is 0.423. The highest BCUT2D eigenvalue weighted by molar-refractivity contribution is 6.35. The molecule has 0 radical (unpaired) electrons. The van der Waals surface area contributed by atoms with Crippen molar-refractivity contribution in [3.63, 3.8) is 0 Å². The van der Waals surface area contributed by atoms with Gasteiger partial charge in [-0.3, -0.25) is 4.79 Å². The van der Waals surface area contributed by atoms with Crippen LogP contribution in [0.15, 0.2) is 54.7 Å². The van der Waals surface area contributed by atoms with Gasteiger partial charge in [0, 0.05) is 35.3 Å². The summed E-state index contributed by atoms with van der Waals surface area (Å²) >= 11 is 6.17. The van der Waals surface area contributed by atoms with E-state index in [1.165, 1.54) is 38.8 Å². The van der Waals surface area contributed by atoms with E-state index in [0.29, 0.717) is 23.1 Å². The predicted octanol–water partition coefficient (Wildman–Crippen LogP) is 5.18. The molecule has 3 aromatic rings. The number of fused-ring (bicyclic) bond motifs is 1. The SMILES string of the molecule is O=C(N[C@@H](COCC1CCN(C2CC2)CC1)c1ccccc1)c1ccc2c(Cl)c[nH]c2c1. The number of likely N-dealkylation sites (tertiary alicyclic amines) is 1. The minimum Gasteiger partial charge on any atom is -0.379 e. The molecule has 6 heteroatoms. The highest BCUT2D eigenvalue weighted by Gasteiger charge is 2.31. The monoisotopic (exact) mass is 451 g/mol. The molecular weight excluding hydrogens is 422 g/mol. The number of piperidine rings is 1. The van der Waals surface area contributed by atoms with E-state index in [2.05, 4.69) is 15.2 Å². The summed E-state index contributed by atoms with van der Waals surface area (Å²) < 4.78 is 6.15. The second-order valence-electron chi connectivity index (χ2n) is 9.08. The number of carbonyl (C=O) groups is 1. The molecule has 32 heavy (non-hydrogen) atoms. The van der Waals surface area contributed by atoms with Crippen molar-refractivity contribution >= 4 is 28.4 Å². The van der Waals surface area contributed by atoms with Crippen molar-refractivity contribution < 1.29 is 9.53 Å². The number of benzene rings is 2. The maximum absolute atomic E-state index is 13.0. The Labute approximate surface area is 194 Å². The molecule has 0 unspecified atom stereocenters. The van der Waals surface area contributed by atoms with Gasteiger partial charge in [-0.05, 0) is 62.4 Å². The van der Waals surface area contributed by atoms with Gasteiger partial charge in [0.25, 0.3) is 5.91 Å². The summed E-state index contributed by atoms with van der Waals surface area (Å²) in [6.07, 6.45) is 6.91. The van der Waals surface area contributed by atoms with E-state index in [0.717, 1.165) is 29.1 Å². The predicted molar refractivity (Wildman–Crippen MR) is 128 cm³/mol. The molecule has 2 fully saturated rings. The zero-order chi connectivity index (χ0) is 21.9. The van der Waals surface area contributed by atoms with E-state index in [9.17, 15) is 4.79 Å². The lowest BCUT2D eigenvalue weighted by molar-refractivity contribution is 0.0511. The lowest BCUT2D eigenvalue weighted by Crippen LogP contribution is -2.37. The number of aromatic nitrogens is 1. The maximum atomic E-state index is 13.0. The standard InChI is InChI=1S/C26H30ClN3O2/c27-23-15-28-24-14-20(6-9-22(23)24)26(31)29-25(19-4-2-1-3-5-19)17-32-16-18-10-12-30(13-11-18)21-7-8-21/h1-6,9,14-15,18,21,25,28H,7-8,10-13,16-17H2,(H,29,31)/t25-/m0/s1. The smallest absolute Gasteiger partial charge is 0.251 e. The van der Waals surface area contributed by atoms with E-state index in [1.807, 2.05) is 48.5 Å². The van der Waals surface area contributed by atoms with Gasteiger partial charge in [0.1, 0.15) is 0 Å². The number of H-pyrrole nitrogens is 1. The van der Waals surface area contributed by atoms with Gasteiger partial charge in [0.15, 0.2) is 0 Å². The molecule has 1 saturated carbocycles. The maximum Gasteiger partial charge on any atom is 0.251 e. The van der Waals surface area contributed by atoms with Crippen molar-refractivity contribution in [3.05, 3.63) is 70.9 Å². The van der Waals surface area contributed by atoms with Crippen molar-refractivity contribution in [2.75, 3.05) is 26.3 Å². The molecule has 2 heterocycles. The largest absolute Gasteiger partial charge is 0.379 e. The summed E-state index contributed by atoms with van der Waals surface area (Å²) in [6.45, 7) is 3.62. The molecule has 1 saturated heterocycles. The van der Waals surface area contributed by atoms with Crippen LogP contribution in [0.3, 0.4) is 0 Å². The molecule has 1 aliphatic heterocycles. The normalized spacial score (nSPS) is 18.7. The molecule has 1 aromatic heterocycles. The molecule has 2 aliphatic rings. The number of carbonyl (C=O) groups excluding carboxylic acids is 1. The van der Waals surface area contributed by atoms with Crippen molar-refractivity contribution in [2.45, 2.75) is 37.8 Å². The number of hydrogen-bond acceptors (Lipinski definition) is 3. The van der Waals surface area contributed by atoms with Crippen molar-refractivity contribution in [1.29, 1.82) is 0 Å². The lowest BCUT2D eigenvalue weighted by atomic mass is 9.97. The third kappa shape index (κ3) is 5.01. The molecule has 0 bridgehead atoms. The third-order valence-electron chi connectivity index (χ3n) is 6.75. The van der Waals surface area contributed by atoms with Gasteiger partial charge >= 0.3 is 0 Å². The van der Waals surface area contributed by atoms with Crippen LogP contribution in [-0.2, 0) is 4.74 Å². The molecule has 5 nitrogen and oxygen atoms in total. The first kappa shape index (κ1) is 21.5. The van der Waals surface area contributed by atoms with Crippen molar-refractivity contribution in [1.82, 2.24) is 15.2 Å². The fourth-order valence-electron chi connectivity index (χ4n) is 4.66. The molecule has 5 rings (SSSR count). The number of amides is 1. The number of ether oxygens (including phenoxy) is 1. The van der Waals surface area contributed by atoms with E-state index in [1.54, 1.807) is 6.20 Å². The Kier molecular flexibility index (Phi) is 6.49. The lowest BCUT2D eigenvalue weighted by Gasteiger charge is -2.32. The Morgan fingerprint density at radius 3 is 2.66 bits per heavy atom. The topological polar surface area (TPSA) is 57.4 Å². The van der Waals surface area contributed by atoms with Crippen LogP contribution in [0.25, 0.3) is 10.9 Å².